The van der Waals surface area contributed by atoms with Crippen LogP contribution in [0.15, 0.2) is 23.1 Å². The molecule has 18 heavy (non-hydrogen) atoms. The molecule has 0 aliphatic carbocycles. The molecule has 1 N–H and O–H groups in total. The minimum atomic E-state index is -2.95. The first-order chi connectivity index (χ1) is 8.27. The normalized spacial score (nSPS) is 14.9. The molecule has 1 unspecified atom stereocenters. The average molecular weight is 305 g/mol. The van der Waals surface area contributed by atoms with Crippen molar-refractivity contribution in [1.82, 2.24) is 4.67 Å². The van der Waals surface area contributed by atoms with Crippen LogP contribution in [0.1, 0.15) is 19.4 Å². The molecule has 0 aliphatic rings. The van der Waals surface area contributed by atoms with Crippen molar-refractivity contribution in [3.05, 3.63) is 23.8 Å². The highest BCUT2D eigenvalue weighted by molar-refractivity contribution is 8.08. The molecular formula is C12H20NO2PS2. The lowest BCUT2D eigenvalue weighted by atomic mass is 10.2. The van der Waals surface area contributed by atoms with Gasteiger partial charge in [-0.2, -0.15) is 0 Å². The third-order valence-corrected chi connectivity index (χ3v) is 6.34. The van der Waals surface area contributed by atoms with Gasteiger partial charge in [0.15, 0.2) is 0 Å². The van der Waals surface area contributed by atoms with Crippen LogP contribution in [-0.4, -0.2) is 28.9 Å². The molecule has 0 fully saturated rings. The second-order valence-corrected chi connectivity index (χ2v) is 8.45. The van der Waals surface area contributed by atoms with Crippen molar-refractivity contribution in [2.75, 3.05) is 13.3 Å². The molecule has 0 aromatic heterocycles. The number of aryl methyl sites for hydroxylation is 1. The van der Waals surface area contributed by atoms with E-state index in [1.165, 1.54) is 4.90 Å². The lowest BCUT2D eigenvalue weighted by molar-refractivity contribution is 0.342. The largest absolute Gasteiger partial charge is 0.433 e. The lowest BCUT2D eigenvalue weighted by Crippen LogP contribution is -2.25. The van der Waals surface area contributed by atoms with Crippen LogP contribution in [0.5, 0.6) is 5.75 Å². The minimum absolute atomic E-state index is 0.146. The maximum atomic E-state index is 10.2. The molecule has 0 bridgehead atoms. The van der Waals surface area contributed by atoms with Crippen LogP contribution in [0.25, 0.3) is 0 Å². The monoisotopic (exact) mass is 305 g/mol. The van der Waals surface area contributed by atoms with Gasteiger partial charge in [0.25, 0.3) is 0 Å². The zero-order chi connectivity index (χ0) is 13.9. The molecule has 0 radical (unpaired) electrons. The molecule has 0 aliphatic heterocycles. The van der Waals surface area contributed by atoms with Crippen LogP contribution in [0, 0.1) is 6.92 Å². The highest BCUT2D eigenvalue weighted by Crippen LogP contribution is 2.47. The van der Waals surface area contributed by atoms with Crippen molar-refractivity contribution in [3.63, 3.8) is 0 Å². The predicted octanol–water partition coefficient (Wildman–Crippen LogP) is 3.65. The van der Waals surface area contributed by atoms with E-state index in [-0.39, 0.29) is 6.04 Å². The number of benzene rings is 1. The Hall–Kier alpha value is -0.0600. The first kappa shape index (κ1) is 16.0. The van der Waals surface area contributed by atoms with Gasteiger partial charge < -0.3 is 9.42 Å². The van der Waals surface area contributed by atoms with E-state index in [0.717, 1.165) is 5.56 Å². The molecule has 0 spiro atoms. The minimum Gasteiger partial charge on any atom is -0.433 e. The van der Waals surface area contributed by atoms with Gasteiger partial charge in [0, 0.05) is 10.9 Å². The van der Waals surface area contributed by atoms with E-state index in [0.29, 0.717) is 5.75 Å². The van der Waals surface area contributed by atoms with Gasteiger partial charge >= 0.3 is 6.64 Å². The Morgan fingerprint density at radius 1 is 1.44 bits per heavy atom. The zero-order valence-electron chi connectivity index (χ0n) is 11.4. The van der Waals surface area contributed by atoms with E-state index in [9.17, 15) is 4.89 Å². The number of nitrogens with zero attached hydrogens (tertiary/aromatic N) is 1. The van der Waals surface area contributed by atoms with Crippen LogP contribution < -0.4 is 4.52 Å². The van der Waals surface area contributed by atoms with E-state index in [4.69, 9.17) is 16.3 Å². The van der Waals surface area contributed by atoms with E-state index in [1.807, 2.05) is 45.2 Å². The van der Waals surface area contributed by atoms with Crippen molar-refractivity contribution in [3.8, 4) is 5.75 Å². The van der Waals surface area contributed by atoms with Crippen LogP contribution >= 0.6 is 18.4 Å². The molecule has 0 saturated heterocycles. The summed E-state index contributed by atoms with van der Waals surface area (Å²) in [5.74, 6) is 0.628. The zero-order valence-corrected chi connectivity index (χ0v) is 13.9. The summed E-state index contributed by atoms with van der Waals surface area (Å²) < 4.78 is 7.31. The smallest absolute Gasteiger partial charge is 0.312 e. The second-order valence-electron chi connectivity index (χ2n) is 4.38. The maximum absolute atomic E-state index is 10.2. The summed E-state index contributed by atoms with van der Waals surface area (Å²) in [5, 5.41) is 0. The lowest BCUT2D eigenvalue weighted by Gasteiger charge is -2.29. The van der Waals surface area contributed by atoms with E-state index in [2.05, 4.69) is 0 Å². The Balaban J connectivity index is 2.91. The Bertz CT molecular complexity index is 465. The summed E-state index contributed by atoms with van der Waals surface area (Å²) in [6.45, 7) is 3.02. The van der Waals surface area contributed by atoms with Crippen LogP contribution in [0.2, 0.25) is 0 Å². The van der Waals surface area contributed by atoms with Gasteiger partial charge in [-0.25, -0.2) is 4.67 Å². The topological polar surface area (TPSA) is 32.7 Å². The highest BCUT2D eigenvalue weighted by atomic mass is 32.5. The van der Waals surface area contributed by atoms with Gasteiger partial charge in [0.1, 0.15) is 5.75 Å². The number of hydrogen-bond donors (Lipinski definition) is 1. The molecule has 0 heterocycles. The summed E-state index contributed by atoms with van der Waals surface area (Å²) in [4.78, 5) is 11.4. The van der Waals surface area contributed by atoms with E-state index in [1.54, 1.807) is 23.5 Å². The molecule has 1 aromatic carbocycles. The number of hydrogen-bond acceptors (Lipinski definition) is 3. The average Bonchev–Trinajstić information content (AvgIpc) is 2.27. The van der Waals surface area contributed by atoms with Crippen molar-refractivity contribution in [2.24, 2.45) is 0 Å². The molecule has 1 atom stereocenters. The van der Waals surface area contributed by atoms with Crippen molar-refractivity contribution in [2.45, 2.75) is 31.7 Å². The fourth-order valence-corrected chi connectivity index (χ4v) is 3.91. The molecule has 1 aromatic rings. The van der Waals surface area contributed by atoms with Gasteiger partial charge in [-0.1, -0.05) is 0 Å². The predicted molar refractivity (Wildman–Crippen MR) is 83.0 cm³/mol. The first-order valence-corrected chi connectivity index (χ1v) is 9.53. The quantitative estimate of drug-likeness (QED) is 0.663. The molecule has 1 rings (SSSR count). The summed E-state index contributed by atoms with van der Waals surface area (Å²) in [7, 11) is 1.79. The van der Waals surface area contributed by atoms with Crippen LogP contribution in [-0.2, 0) is 11.8 Å². The van der Waals surface area contributed by atoms with Crippen LogP contribution in [0.3, 0.4) is 0 Å². The maximum Gasteiger partial charge on any atom is 0.312 e. The van der Waals surface area contributed by atoms with E-state index >= 15 is 0 Å². The van der Waals surface area contributed by atoms with Gasteiger partial charge in [0.2, 0.25) is 0 Å². The fraction of sp³-hybridized carbons (Fsp3) is 0.500. The van der Waals surface area contributed by atoms with Gasteiger partial charge in [-0.15, -0.1) is 11.8 Å². The first-order valence-electron chi connectivity index (χ1n) is 5.68. The molecule has 6 heteroatoms. The van der Waals surface area contributed by atoms with Gasteiger partial charge in [0.05, 0.1) is 0 Å². The molecular weight excluding hydrogens is 285 g/mol. The Morgan fingerprint density at radius 2 is 2.06 bits per heavy atom. The van der Waals surface area contributed by atoms with Crippen molar-refractivity contribution < 1.29 is 9.42 Å². The summed E-state index contributed by atoms with van der Waals surface area (Å²) in [5.41, 5.74) is 1.13. The third-order valence-electron chi connectivity index (χ3n) is 2.74. The Morgan fingerprint density at radius 3 is 2.50 bits per heavy atom. The third kappa shape index (κ3) is 3.97. The SMILES string of the molecule is CSc1ccc(OP(O)(=S)N(C)C(C)C)cc1C. The molecule has 0 saturated carbocycles. The van der Waals surface area contributed by atoms with Crippen LogP contribution in [0.4, 0.5) is 0 Å². The summed E-state index contributed by atoms with van der Waals surface area (Å²) in [6, 6.07) is 5.90. The van der Waals surface area contributed by atoms with Gasteiger partial charge in [-0.05, 0) is 69.6 Å². The fourth-order valence-electron chi connectivity index (χ4n) is 1.40. The van der Waals surface area contributed by atoms with Crippen molar-refractivity contribution in [1.29, 1.82) is 0 Å². The molecule has 3 nitrogen and oxygen atoms in total. The standard InChI is InChI=1S/C12H20NO2PS2/c1-9(2)13(4)16(14,17)15-11-6-7-12(18-5)10(3)8-11/h6-9H,1-5H3,(H,14,17). The Kier molecular flexibility index (Phi) is 5.68. The number of rotatable bonds is 5. The highest BCUT2D eigenvalue weighted by Gasteiger charge is 2.24. The number of thioether (sulfide) groups is 1. The van der Waals surface area contributed by atoms with E-state index < -0.39 is 6.64 Å². The molecule has 0 amide bonds. The summed E-state index contributed by atoms with van der Waals surface area (Å²) >= 11 is 6.88. The summed E-state index contributed by atoms with van der Waals surface area (Å²) in [6.07, 6.45) is 2.03. The Labute approximate surface area is 119 Å². The van der Waals surface area contributed by atoms with Gasteiger partial charge in [-0.3, -0.25) is 0 Å². The van der Waals surface area contributed by atoms with Crippen molar-refractivity contribution >= 4 is 30.2 Å². The second kappa shape index (κ2) is 6.40. The molecule has 102 valence electrons.